The highest BCUT2D eigenvalue weighted by atomic mass is 16.4. The van der Waals surface area contributed by atoms with E-state index in [1.54, 1.807) is 18.3 Å². The molecule has 2 heterocycles. The first kappa shape index (κ1) is 14.8. The van der Waals surface area contributed by atoms with Crippen LogP contribution in [-0.2, 0) is 6.54 Å². The zero-order valence-corrected chi connectivity index (χ0v) is 12.4. The third kappa shape index (κ3) is 3.06. The van der Waals surface area contributed by atoms with Crippen LogP contribution in [-0.4, -0.2) is 23.1 Å². The molecule has 2 aromatic heterocycles. The summed E-state index contributed by atoms with van der Waals surface area (Å²) in [6.45, 7) is 0.601. The number of carboxylic acid groups (broad SMARTS) is 1. The number of rotatable bonds is 4. The minimum Gasteiger partial charge on any atom is -0.477 e. The number of fused-ring (bicyclic) bond motifs is 1. The number of aromatic carboxylic acids is 1. The maximum Gasteiger partial charge on any atom is 0.351 e. The van der Waals surface area contributed by atoms with Gasteiger partial charge in [-0.15, -0.1) is 0 Å². The highest BCUT2D eigenvalue weighted by Crippen LogP contribution is 2.22. The molecule has 0 atom stereocenters. The quantitative estimate of drug-likeness (QED) is 0.745. The Morgan fingerprint density at radius 1 is 1.26 bits per heavy atom. The maximum atomic E-state index is 11.7. The molecule has 6 heteroatoms. The van der Waals surface area contributed by atoms with E-state index >= 15 is 0 Å². The Morgan fingerprint density at radius 3 is 2.78 bits per heavy atom. The zero-order chi connectivity index (χ0) is 16.4. The first-order valence-corrected chi connectivity index (χ1v) is 6.97. The summed E-state index contributed by atoms with van der Waals surface area (Å²) in [7, 11) is 1.90. The molecule has 0 aliphatic rings. The third-order valence-electron chi connectivity index (χ3n) is 3.52. The lowest BCUT2D eigenvalue weighted by Gasteiger charge is -2.19. The van der Waals surface area contributed by atoms with Gasteiger partial charge in [-0.2, -0.15) is 0 Å². The molecule has 3 rings (SSSR count). The fourth-order valence-corrected chi connectivity index (χ4v) is 2.31. The average Bonchev–Trinajstić information content (AvgIpc) is 2.54. The van der Waals surface area contributed by atoms with E-state index in [1.165, 1.54) is 6.07 Å². The molecule has 0 amide bonds. The summed E-state index contributed by atoms with van der Waals surface area (Å²) in [6, 6.07) is 12.3. The van der Waals surface area contributed by atoms with Gasteiger partial charge in [0.1, 0.15) is 11.1 Å². The molecule has 0 saturated carbocycles. The highest BCUT2D eigenvalue weighted by molar-refractivity contribution is 5.92. The number of pyridine rings is 1. The number of nitrogens with zero attached hydrogens (tertiary/aromatic N) is 2. The molecule has 116 valence electrons. The molecular weight excluding hydrogens is 296 g/mol. The van der Waals surface area contributed by atoms with Crippen LogP contribution in [0, 0.1) is 0 Å². The van der Waals surface area contributed by atoms with Crippen LogP contribution in [0.1, 0.15) is 16.1 Å². The minimum atomic E-state index is -1.29. The van der Waals surface area contributed by atoms with E-state index in [2.05, 4.69) is 4.98 Å². The lowest BCUT2D eigenvalue weighted by atomic mass is 10.1. The van der Waals surface area contributed by atoms with Crippen molar-refractivity contribution in [3.8, 4) is 0 Å². The number of benzene rings is 1. The molecular formula is C17H14N2O4. The first-order valence-electron chi connectivity index (χ1n) is 6.97. The van der Waals surface area contributed by atoms with Crippen molar-refractivity contribution in [1.29, 1.82) is 0 Å². The normalized spacial score (nSPS) is 10.7. The highest BCUT2D eigenvalue weighted by Gasteiger charge is 2.13. The van der Waals surface area contributed by atoms with Crippen molar-refractivity contribution in [2.45, 2.75) is 6.54 Å². The molecule has 0 unspecified atom stereocenters. The summed E-state index contributed by atoms with van der Waals surface area (Å²) in [5.41, 5.74) is 0.888. The zero-order valence-electron chi connectivity index (χ0n) is 12.4. The number of hydrogen-bond donors (Lipinski definition) is 1. The predicted octanol–water partition coefficient (Wildman–Crippen LogP) is 2.52. The molecule has 0 fully saturated rings. The summed E-state index contributed by atoms with van der Waals surface area (Å²) in [5, 5.41) is 9.52. The lowest BCUT2D eigenvalue weighted by Crippen LogP contribution is -2.17. The van der Waals surface area contributed by atoms with Crippen molar-refractivity contribution < 1.29 is 14.3 Å². The number of aromatic nitrogens is 1. The Hall–Kier alpha value is -3.15. The van der Waals surface area contributed by atoms with Crippen molar-refractivity contribution in [3.63, 3.8) is 0 Å². The SMILES string of the molecule is CN(Cc1ccccn1)c1ccc2cc(C(=O)O)c(=O)oc2c1. The Labute approximate surface area is 131 Å². The van der Waals surface area contributed by atoms with Gasteiger partial charge in [0.2, 0.25) is 0 Å². The van der Waals surface area contributed by atoms with E-state index in [1.807, 2.05) is 36.2 Å². The molecule has 23 heavy (non-hydrogen) atoms. The van der Waals surface area contributed by atoms with Crippen molar-refractivity contribution in [2.75, 3.05) is 11.9 Å². The second kappa shape index (κ2) is 5.92. The second-order valence-corrected chi connectivity index (χ2v) is 5.15. The van der Waals surface area contributed by atoms with Crippen molar-refractivity contribution in [2.24, 2.45) is 0 Å². The van der Waals surface area contributed by atoms with Gasteiger partial charge in [0.25, 0.3) is 0 Å². The molecule has 0 radical (unpaired) electrons. The van der Waals surface area contributed by atoms with Crippen LogP contribution >= 0.6 is 0 Å². The van der Waals surface area contributed by atoms with Crippen LogP contribution in [0.5, 0.6) is 0 Å². The number of carboxylic acids is 1. The summed E-state index contributed by atoms with van der Waals surface area (Å²) >= 11 is 0. The van der Waals surface area contributed by atoms with Gasteiger partial charge in [-0.1, -0.05) is 6.07 Å². The average molecular weight is 310 g/mol. The lowest BCUT2D eigenvalue weighted by molar-refractivity contribution is 0.0692. The molecule has 1 aromatic carbocycles. The fraction of sp³-hybridized carbons (Fsp3) is 0.118. The molecule has 0 saturated heterocycles. The molecule has 1 N–H and O–H groups in total. The molecule has 0 aliphatic heterocycles. The van der Waals surface area contributed by atoms with Gasteiger partial charge in [-0.05, 0) is 30.3 Å². The van der Waals surface area contributed by atoms with Gasteiger partial charge >= 0.3 is 11.6 Å². The Morgan fingerprint density at radius 2 is 2.09 bits per heavy atom. The van der Waals surface area contributed by atoms with Gasteiger partial charge in [-0.3, -0.25) is 4.98 Å². The number of anilines is 1. The smallest absolute Gasteiger partial charge is 0.351 e. The third-order valence-corrected chi connectivity index (χ3v) is 3.52. The van der Waals surface area contributed by atoms with Crippen LogP contribution in [0.15, 0.2) is 57.9 Å². The van der Waals surface area contributed by atoms with Crippen LogP contribution in [0.25, 0.3) is 11.0 Å². The van der Waals surface area contributed by atoms with E-state index in [9.17, 15) is 9.59 Å². The largest absolute Gasteiger partial charge is 0.477 e. The summed E-state index contributed by atoms with van der Waals surface area (Å²) in [6.07, 6.45) is 1.73. The minimum absolute atomic E-state index is 0.352. The molecule has 0 aliphatic carbocycles. The van der Waals surface area contributed by atoms with E-state index in [-0.39, 0.29) is 5.56 Å². The maximum absolute atomic E-state index is 11.7. The van der Waals surface area contributed by atoms with Gasteiger partial charge < -0.3 is 14.4 Å². The second-order valence-electron chi connectivity index (χ2n) is 5.15. The van der Waals surface area contributed by atoms with Crippen LogP contribution < -0.4 is 10.5 Å². The van der Waals surface area contributed by atoms with E-state index in [4.69, 9.17) is 9.52 Å². The number of carbonyl (C=O) groups is 1. The van der Waals surface area contributed by atoms with Gasteiger partial charge in [0.15, 0.2) is 0 Å². The topological polar surface area (TPSA) is 83.6 Å². The predicted molar refractivity (Wildman–Crippen MR) is 85.8 cm³/mol. The molecule has 3 aromatic rings. The van der Waals surface area contributed by atoms with Crippen molar-refractivity contribution in [1.82, 2.24) is 4.98 Å². The molecule has 0 spiro atoms. The summed E-state index contributed by atoms with van der Waals surface area (Å²) < 4.78 is 5.12. The Balaban J connectivity index is 1.95. The summed E-state index contributed by atoms with van der Waals surface area (Å²) in [4.78, 5) is 28.9. The van der Waals surface area contributed by atoms with Crippen LogP contribution in [0.2, 0.25) is 0 Å². The van der Waals surface area contributed by atoms with Gasteiger partial charge in [0, 0.05) is 30.4 Å². The fourth-order valence-electron chi connectivity index (χ4n) is 2.31. The molecule has 6 nitrogen and oxygen atoms in total. The van der Waals surface area contributed by atoms with E-state index in [0.29, 0.717) is 17.5 Å². The Bertz CT molecular complexity index is 919. The monoisotopic (exact) mass is 310 g/mol. The van der Waals surface area contributed by atoms with Crippen LogP contribution in [0.4, 0.5) is 5.69 Å². The van der Waals surface area contributed by atoms with Gasteiger partial charge in [0.05, 0.1) is 12.2 Å². The standard InChI is InChI=1S/C17H14N2O4/c1-19(10-12-4-2-3-7-18-12)13-6-5-11-8-14(16(20)21)17(22)23-15(11)9-13/h2-9H,10H2,1H3,(H,20,21). The van der Waals surface area contributed by atoms with Crippen molar-refractivity contribution in [3.05, 3.63) is 70.3 Å². The van der Waals surface area contributed by atoms with Gasteiger partial charge in [-0.25, -0.2) is 9.59 Å². The van der Waals surface area contributed by atoms with E-state index < -0.39 is 11.6 Å². The van der Waals surface area contributed by atoms with Crippen LogP contribution in [0.3, 0.4) is 0 Å². The Kier molecular flexibility index (Phi) is 3.80. The van der Waals surface area contributed by atoms with E-state index in [0.717, 1.165) is 11.4 Å². The molecule has 0 bridgehead atoms. The summed E-state index contributed by atoms with van der Waals surface area (Å²) in [5.74, 6) is -1.29. The first-order chi connectivity index (χ1) is 11.0. The van der Waals surface area contributed by atoms with Crippen molar-refractivity contribution >= 4 is 22.6 Å². The number of hydrogen-bond acceptors (Lipinski definition) is 5.